The Morgan fingerprint density at radius 3 is 2.73 bits per heavy atom. The molecule has 0 saturated heterocycles. The second-order valence-corrected chi connectivity index (χ2v) is 3.63. The number of hydrogen-bond donors (Lipinski definition) is 0. The first-order valence-corrected chi connectivity index (χ1v) is 4.73. The van der Waals surface area contributed by atoms with Gasteiger partial charge in [0.05, 0.1) is 5.69 Å². The first-order chi connectivity index (χ1) is 7.29. The van der Waals surface area contributed by atoms with Crippen LogP contribution in [0.4, 0.5) is 0 Å². The van der Waals surface area contributed by atoms with Crippen LogP contribution in [-0.4, -0.2) is 15.0 Å². The van der Waals surface area contributed by atoms with Crippen LogP contribution >= 0.6 is 0 Å². The fraction of sp³-hybridized carbons (Fsp3) is 0.0833. The van der Waals surface area contributed by atoms with E-state index in [4.69, 9.17) is 0 Å². The standard InChI is InChI=1S/C12H9N3/c1-7-3-13-5-10-11(7)8(2)9-4-14-6-15-12(9)10/h3-6H,1H2,2H3. The topological polar surface area (TPSA) is 38.7 Å². The molecule has 1 aliphatic rings. The van der Waals surface area contributed by atoms with Crippen molar-refractivity contribution in [1.29, 1.82) is 0 Å². The Kier molecular flexibility index (Phi) is 1.51. The second kappa shape index (κ2) is 2.73. The van der Waals surface area contributed by atoms with Crippen LogP contribution in [0.5, 0.6) is 0 Å². The molecule has 0 aromatic carbocycles. The minimum atomic E-state index is 0.947. The van der Waals surface area contributed by atoms with E-state index in [-0.39, 0.29) is 0 Å². The van der Waals surface area contributed by atoms with Crippen molar-refractivity contribution in [2.75, 3.05) is 0 Å². The molecule has 0 fully saturated rings. The second-order valence-electron chi connectivity index (χ2n) is 3.63. The lowest BCUT2D eigenvalue weighted by Crippen LogP contribution is -2.25. The van der Waals surface area contributed by atoms with Crippen LogP contribution < -0.4 is 10.4 Å². The van der Waals surface area contributed by atoms with E-state index in [0.717, 1.165) is 27.3 Å². The van der Waals surface area contributed by atoms with E-state index in [1.165, 1.54) is 5.57 Å². The van der Waals surface area contributed by atoms with Crippen molar-refractivity contribution in [3.63, 3.8) is 0 Å². The molecule has 1 aliphatic carbocycles. The maximum Gasteiger partial charge on any atom is 0.116 e. The van der Waals surface area contributed by atoms with E-state index in [0.29, 0.717) is 0 Å². The molecule has 0 unspecified atom stereocenters. The molecule has 2 aromatic heterocycles. The Balaban J connectivity index is 2.58. The van der Waals surface area contributed by atoms with Crippen LogP contribution in [0.2, 0.25) is 0 Å². The molecule has 0 atom stereocenters. The molecule has 0 radical (unpaired) electrons. The molecule has 0 aliphatic heterocycles. The Bertz CT molecular complexity index is 659. The average Bonchev–Trinajstić information content (AvgIpc) is 2.55. The van der Waals surface area contributed by atoms with Crippen molar-refractivity contribution in [2.24, 2.45) is 0 Å². The highest BCUT2D eigenvalue weighted by molar-refractivity contribution is 5.85. The molecule has 3 heteroatoms. The highest BCUT2D eigenvalue weighted by atomic mass is 14.8. The summed E-state index contributed by atoms with van der Waals surface area (Å²) in [5, 5.41) is 2.10. The van der Waals surface area contributed by atoms with Gasteiger partial charge in [0.15, 0.2) is 0 Å². The first-order valence-electron chi connectivity index (χ1n) is 4.73. The predicted octanol–water partition coefficient (Wildman–Crippen LogP) is 0.481. The maximum absolute atomic E-state index is 4.29. The van der Waals surface area contributed by atoms with Gasteiger partial charge in [-0.2, -0.15) is 0 Å². The fourth-order valence-corrected chi connectivity index (χ4v) is 2.08. The molecule has 3 rings (SSSR count). The molecule has 2 heterocycles. The summed E-state index contributed by atoms with van der Waals surface area (Å²) >= 11 is 0. The highest BCUT2D eigenvalue weighted by Crippen LogP contribution is 2.26. The first kappa shape index (κ1) is 8.29. The molecule has 0 spiro atoms. The summed E-state index contributed by atoms with van der Waals surface area (Å²) in [5.74, 6) is 0. The van der Waals surface area contributed by atoms with E-state index in [1.807, 2.05) is 12.4 Å². The molecular formula is C12H9N3. The molecule has 0 bridgehead atoms. The van der Waals surface area contributed by atoms with Gasteiger partial charge < -0.3 is 0 Å². The van der Waals surface area contributed by atoms with E-state index >= 15 is 0 Å². The molecule has 0 saturated carbocycles. The Morgan fingerprint density at radius 2 is 1.87 bits per heavy atom. The minimum Gasteiger partial charge on any atom is -0.263 e. The molecule has 72 valence electrons. The van der Waals surface area contributed by atoms with Crippen LogP contribution in [-0.2, 0) is 0 Å². The SMILES string of the molecule is C=c1cncc2c1=C(C)c1cncnc1-2. The molecule has 2 aromatic rings. The van der Waals surface area contributed by atoms with Gasteiger partial charge in [0.1, 0.15) is 6.33 Å². The summed E-state index contributed by atoms with van der Waals surface area (Å²) in [4.78, 5) is 12.5. The summed E-state index contributed by atoms with van der Waals surface area (Å²) in [5.41, 5.74) is 4.31. The third kappa shape index (κ3) is 0.973. The number of nitrogens with zero attached hydrogens (tertiary/aromatic N) is 3. The van der Waals surface area contributed by atoms with Gasteiger partial charge in [0, 0.05) is 29.7 Å². The Hall–Kier alpha value is -2.03. The van der Waals surface area contributed by atoms with Gasteiger partial charge in [-0.3, -0.25) is 4.98 Å². The largest absolute Gasteiger partial charge is 0.263 e. The van der Waals surface area contributed by atoms with Gasteiger partial charge in [-0.05, 0) is 22.9 Å². The van der Waals surface area contributed by atoms with Gasteiger partial charge in [-0.25, -0.2) is 9.97 Å². The van der Waals surface area contributed by atoms with Crippen LogP contribution in [0.15, 0.2) is 24.9 Å². The van der Waals surface area contributed by atoms with Crippen molar-refractivity contribution in [2.45, 2.75) is 6.92 Å². The number of pyridine rings is 1. The van der Waals surface area contributed by atoms with Crippen LogP contribution in [0.1, 0.15) is 12.5 Å². The lowest BCUT2D eigenvalue weighted by molar-refractivity contribution is 1.16. The lowest BCUT2D eigenvalue weighted by atomic mass is 10.1. The summed E-state index contributed by atoms with van der Waals surface area (Å²) in [6.45, 7) is 6.07. The lowest BCUT2D eigenvalue weighted by Gasteiger charge is -1.97. The summed E-state index contributed by atoms with van der Waals surface area (Å²) in [6.07, 6.45) is 7.03. The van der Waals surface area contributed by atoms with E-state index in [9.17, 15) is 0 Å². The third-order valence-electron chi connectivity index (χ3n) is 2.77. The number of hydrogen-bond acceptors (Lipinski definition) is 3. The van der Waals surface area contributed by atoms with Crippen molar-refractivity contribution < 1.29 is 0 Å². The average molecular weight is 195 g/mol. The van der Waals surface area contributed by atoms with Crippen LogP contribution in [0.25, 0.3) is 23.4 Å². The van der Waals surface area contributed by atoms with E-state index in [1.54, 1.807) is 12.5 Å². The number of rotatable bonds is 0. The van der Waals surface area contributed by atoms with Gasteiger partial charge in [0.25, 0.3) is 0 Å². The normalized spacial score (nSPS) is 12.5. The Morgan fingerprint density at radius 1 is 1.07 bits per heavy atom. The smallest absolute Gasteiger partial charge is 0.116 e. The number of aromatic nitrogens is 3. The fourth-order valence-electron chi connectivity index (χ4n) is 2.08. The summed E-state index contributed by atoms with van der Waals surface area (Å²) in [6, 6.07) is 0. The highest BCUT2D eigenvalue weighted by Gasteiger charge is 2.18. The third-order valence-corrected chi connectivity index (χ3v) is 2.77. The zero-order valence-corrected chi connectivity index (χ0v) is 8.36. The molecule has 3 nitrogen and oxygen atoms in total. The van der Waals surface area contributed by atoms with Gasteiger partial charge >= 0.3 is 0 Å². The van der Waals surface area contributed by atoms with Crippen molar-refractivity contribution >= 4 is 12.2 Å². The quantitative estimate of drug-likeness (QED) is 0.613. The minimum absolute atomic E-state index is 0.947. The zero-order chi connectivity index (χ0) is 10.4. The van der Waals surface area contributed by atoms with Crippen molar-refractivity contribution in [3.8, 4) is 11.3 Å². The number of fused-ring (bicyclic) bond motifs is 3. The molecule has 15 heavy (non-hydrogen) atoms. The monoisotopic (exact) mass is 195 g/mol. The predicted molar refractivity (Wildman–Crippen MR) is 58.2 cm³/mol. The van der Waals surface area contributed by atoms with Crippen LogP contribution in [0.3, 0.4) is 0 Å². The Labute approximate surface area is 86.9 Å². The summed E-state index contributed by atoms with van der Waals surface area (Å²) < 4.78 is 0. The van der Waals surface area contributed by atoms with Gasteiger partial charge in [-0.15, -0.1) is 0 Å². The molecular weight excluding hydrogens is 186 g/mol. The molecule has 0 N–H and O–H groups in total. The van der Waals surface area contributed by atoms with Crippen molar-refractivity contribution in [1.82, 2.24) is 15.0 Å². The van der Waals surface area contributed by atoms with Crippen LogP contribution in [0, 0.1) is 0 Å². The molecule has 0 amide bonds. The maximum atomic E-state index is 4.29. The van der Waals surface area contributed by atoms with Gasteiger partial charge in [0.2, 0.25) is 0 Å². The van der Waals surface area contributed by atoms with Crippen molar-refractivity contribution in [3.05, 3.63) is 40.9 Å². The summed E-state index contributed by atoms with van der Waals surface area (Å²) in [7, 11) is 0. The van der Waals surface area contributed by atoms with E-state index in [2.05, 4.69) is 28.5 Å². The zero-order valence-electron chi connectivity index (χ0n) is 8.36. The van der Waals surface area contributed by atoms with Gasteiger partial charge in [-0.1, -0.05) is 6.58 Å². The van der Waals surface area contributed by atoms with E-state index < -0.39 is 0 Å².